The predicted molar refractivity (Wildman–Crippen MR) is 112 cm³/mol. The lowest BCUT2D eigenvalue weighted by Crippen LogP contribution is -2.53. The molecular formula is C19H30N8O6. The maximum Gasteiger partial charge on any atom is 0.303 e. The van der Waals surface area contributed by atoms with Crippen LogP contribution in [0.5, 0.6) is 0 Å². The Balaban J connectivity index is 1.88. The van der Waals surface area contributed by atoms with Gasteiger partial charge in [0.1, 0.15) is 12.1 Å². The number of carbonyl (C=O) groups is 5. The number of nitrogens with zero attached hydrogens (tertiary/aromatic N) is 4. The Hall–Kier alpha value is -3.58. The first-order chi connectivity index (χ1) is 15.7. The van der Waals surface area contributed by atoms with Gasteiger partial charge in [0, 0.05) is 13.0 Å². The highest BCUT2D eigenvalue weighted by Gasteiger charge is 2.34. The Morgan fingerprint density at radius 3 is 2.61 bits per heavy atom. The summed E-state index contributed by atoms with van der Waals surface area (Å²) in [5.74, 6) is -2.89. The van der Waals surface area contributed by atoms with E-state index < -0.39 is 35.8 Å². The summed E-state index contributed by atoms with van der Waals surface area (Å²) in [5.41, 5.74) is 0. The average Bonchev–Trinajstić information content (AvgIpc) is 3.49. The molecule has 1 saturated heterocycles. The number of aromatic amines is 1. The molecule has 3 atom stereocenters. The Labute approximate surface area is 190 Å². The first-order valence-corrected chi connectivity index (χ1v) is 10.8. The van der Waals surface area contributed by atoms with E-state index in [9.17, 15) is 24.0 Å². The largest absolute Gasteiger partial charge is 0.481 e. The second kappa shape index (κ2) is 12.5. The zero-order chi connectivity index (χ0) is 24.4. The van der Waals surface area contributed by atoms with Gasteiger partial charge >= 0.3 is 5.97 Å². The van der Waals surface area contributed by atoms with Crippen molar-refractivity contribution in [2.24, 2.45) is 5.92 Å². The molecule has 4 amide bonds. The summed E-state index contributed by atoms with van der Waals surface area (Å²) in [6.07, 6.45) is 1.13. The molecule has 33 heavy (non-hydrogen) atoms. The van der Waals surface area contributed by atoms with Gasteiger partial charge in [0.05, 0.1) is 19.5 Å². The van der Waals surface area contributed by atoms with Gasteiger partial charge in [-0.15, -0.1) is 10.2 Å². The van der Waals surface area contributed by atoms with E-state index in [1.165, 1.54) is 4.90 Å². The first kappa shape index (κ1) is 25.7. The van der Waals surface area contributed by atoms with Crippen molar-refractivity contribution >= 4 is 29.6 Å². The monoisotopic (exact) mass is 466 g/mol. The minimum Gasteiger partial charge on any atom is -0.481 e. The van der Waals surface area contributed by atoms with E-state index in [0.717, 1.165) is 0 Å². The van der Waals surface area contributed by atoms with Gasteiger partial charge in [-0.1, -0.05) is 25.5 Å². The van der Waals surface area contributed by atoms with E-state index in [0.29, 0.717) is 31.6 Å². The third-order valence-electron chi connectivity index (χ3n) is 5.48. The maximum atomic E-state index is 12.7. The zero-order valence-electron chi connectivity index (χ0n) is 18.7. The molecule has 0 radical (unpaired) electrons. The summed E-state index contributed by atoms with van der Waals surface area (Å²) in [7, 11) is 0. The van der Waals surface area contributed by atoms with Gasteiger partial charge in [-0.25, -0.2) is 0 Å². The molecule has 0 saturated carbocycles. The van der Waals surface area contributed by atoms with Crippen molar-refractivity contribution in [2.75, 3.05) is 13.1 Å². The van der Waals surface area contributed by atoms with Crippen LogP contribution in [0.2, 0.25) is 0 Å². The Kier molecular flexibility index (Phi) is 9.69. The lowest BCUT2D eigenvalue weighted by atomic mass is 9.98. The van der Waals surface area contributed by atoms with Crippen LogP contribution in [0.1, 0.15) is 51.8 Å². The second-order valence-electron chi connectivity index (χ2n) is 7.83. The fourth-order valence-corrected chi connectivity index (χ4v) is 3.42. The molecule has 1 aromatic heterocycles. The average molecular weight is 466 g/mol. The first-order valence-electron chi connectivity index (χ1n) is 10.8. The number of carbonyl (C=O) groups excluding carboxylic acids is 4. The molecule has 1 aliphatic heterocycles. The number of aromatic nitrogens is 4. The summed E-state index contributed by atoms with van der Waals surface area (Å²) in [6.45, 7) is 3.75. The van der Waals surface area contributed by atoms with Crippen molar-refractivity contribution in [1.82, 2.24) is 41.5 Å². The van der Waals surface area contributed by atoms with Gasteiger partial charge in [0.2, 0.25) is 23.6 Å². The number of rotatable bonds is 12. The van der Waals surface area contributed by atoms with Crippen LogP contribution in [-0.4, -0.2) is 85.4 Å². The van der Waals surface area contributed by atoms with E-state index in [1.54, 1.807) is 6.92 Å². The number of likely N-dealkylation sites (tertiary alicyclic amines) is 1. The van der Waals surface area contributed by atoms with Gasteiger partial charge in [-0.3, -0.25) is 24.0 Å². The predicted octanol–water partition coefficient (Wildman–Crippen LogP) is -1.68. The van der Waals surface area contributed by atoms with Gasteiger partial charge < -0.3 is 26.0 Å². The minimum absolute atomic E-state index is 0.0722. The molecule has 0 aromatic carbocycles. The minimum atomic E-state index is -1.11. The highest BCUT2D eigenvalue weighted by Crippen LogP contribution is 2.17. The summed E-state index contributed by atoms with van der Waals surface area (Å²) in [5, 5.41) is 29.6. The summed E-state index contributed by atoms with van der Waals surface area (Å²) < 4.78 is 0. The number of carboxylic acids is 1. The van der Waals surface area contributed by atoms with Crippen molar-refractivity contribution in [3.8, 4) is 0 Å². The Bertz CT molecular complexity index is 845. The van der Waals surface area contributed by atoms with Crippen LogP contribution in [0.4, 0.5) is 0 Å². The molecule has 1 aliphatic rings. The lowest BCUT2D eigenvalue weighted by molar-refractivity contribution is -0.140. The van der Waals surface area contributed by atoms with Crippen molar-refractivity contribution in [2.45, 2.75) is 64.6 Å². The molecule has 2 rings (SSSR count). The van der Waals surface area contributed by atoms with Crippen LogP contribution >= 0.6 is 0 Å². The SMILES string of the molecule is CC[C@H](C)[C@H](NC(=O)CCC(=O)O)C(=O)NCC(=O)N1CCCC1C(=O)NCc1nn[nH]n1. The molecular weight excluding hydrogens is 436 g/mol. The van der Waals surface area contributed by atoms with E-state index in [4.69, 9.17) is 5.11 Å². The molecule has 1 aromatic rings. The fraction of sp³-hybridized carbons (Fsp3) is 0.684. The van der Waals surface area contributed by atoms with Crippen LogP contribution in [0.25, 0.3) is 0 Å². The molecule has 1 fully saturated rings. The Morgan fingerprint density at radius 2 is 1.97 bits per heavy atom. The fourth-order valence-electron chi connectivity index (χ4n) is 3.42. The molecule has 1 unspecified atom stereocenters. The smallest absolute Gasteiger partial charge is 0.303 e. The molecule has 0 aliphatic carbocycles. The molecule has 0 bridgehead atoms. The lowest BCUT2D eigenvalue weighted by Gasteiger charge is -2.26. The topological polar surface area (TPSA) is 199 Å². The maximum absolute atomic E-state index is 12.7. The van der Waals surface area contributed by atoms with Crippen molar-refractivity contribution < 1.29 is 29.1 Å². The number of nitrogens with one attached hydrogen (secondary N) is 4. The van der Waals surface area contributed by atoms with Crippen LogP contribution < -0.4 is 16.0 Å². The van der Waals surface area contributed by atoms with Crippen LogP contribution in [0.3, 0.4) is 0 Å². The third-order valence-corrected chi connectivity index (χ3v) is 5.48. The quantitative estimate of drug-likeness (QED) is 0.239. The van der Waals surface area contributed by atoms with Gasteiger partial charge in [0.15, 0.2) is 5.82 Å². The third kappa shape index (κ3) is 7.80. The van der Waals surface area contributed by atoms with Gasteiger partial charge in [-0.05, 0) is 18.8 Å². The van der Waals surface area contributed by atoms with Crippen LogP contribution in [0, 0.1) is 5.92 Å². The number of H-pyrrole nitrogens is 1. The Morgan fingerprint density at radius 1 is 1.21 bits per heavy atom. The molecule has 14 nitrogen and oxygen atoms in total. The van der Waals surface area contributed by atoms with Crippen LogP contribution in [0.15, 0.2) is 0 Å². The molecule has 5 N–H and O–H groups in total. The molecule has 0 spiro atoms. The summed E-state index contributed by atoms with van der Waals surface area (Å²) in [4.78, 5) is 61.9. The highest BCUT2D eigenvalue weighted by molar-refractivity contribution is 5.93. The normalized spacial score (nSPS) is 17.2. The highest BCUT2D eigenvalue weighted by atomic mass is 16.4. The number of aliphatic carboxylic acids is 1. The number of hydrogen-bond donors (Lipinski definition) is 5. The number of tetrazole rings is 1. The van der Waals surface area contributed by atoms with Crippen molar-refractivity contribution in [3.63, 3.8) is 0 Å². The van der Waals surface area contributed by atoms with E-state index in [2.05, 4.69) is 36.6 Å². The number of carboxylic acid groups (broad SMARTS) is 1. The molecule has 2 heterocycles. The van der Waals surface area contributed by atoms with E-state index in [-0.39, 0.29) is 37.8 Å². The van der Waals surface area contributed by atoms with E-state index in [1.807, 2.05) is 6.92 Å². The van der Waals surface area contributed by atoms with Crippen LogP contribution in [-0.2, 0) is 30.5 Å². The second-order valence-corrected chi connectivity index (χ2v) is 7.83. The van der Waals surface area contributed by atoms with Crippen molar-refractivity contribution in [3.05, 3.63) is 5.82 Å². The van der Waals surface area contributed by atoms with Gasteiger partial charge in [-0.2, -0.15) is 5.21 Å². The standard InChI is InChI=1S/C19H30N8O6/c1-3-11(2)17(22-14(28)6-7-16(30)31)19(33)21-10-15(29)27-8-4-5-12(27)18(32)20-9-13-23-25-26-24-13/h11-12,17H,3-10H2,1-2H3,(H,20,32)(H,21,33)(H,22,28)(H,30,31)(H,23,24,25,26)/t11-,12?,17-/m0/s1. The summed E-state index contributed by atoms with van der Waals surface area (Å²) >= 11 is 0. The molecule has 14 heteroatoms. The molecule has 182 valence electrons. The summed E-state index contributed by atoms with van der Waals surface area (Å²) in [6, 6.07) is -1.57. The van der Waals surface area contributed by atoms with Gasteiger partial charge in [0.25, 0.3) is 0 Å². The van der Waals surface area contributed by atoms with E-state index >= 15 is 0 Å². The zero-order valence-corrected chi connectivity index (χ0v) is 18.7. The number of hydrogen-bond acceptors (Lipinski definition) is 8. The van der Waals surface area contributed by atoms with Crippen molar-refractivity contribution in [1.29, 1.82) is 0 Å². The number of amides is 4.